The predicted octanol–water partition coefficient (Wildman–Crippen LogP) is 5.21. The van der Waals surface area contributed by atoms with Crippen LogP contribution in [-0.2, 0) is 12.4 Å². The van der Waals surface area contributed by atoms with Crippen molar-refractivity contribution >= 4 is 45.2 Å². The van der Waals surface area contributed by atoms with Crippen molar-refractivity contribution < 1.29 is 0 Å². The standard InChI is InChI=1S/C16H20ClIN2/c1-11-3-2-4-12(7-11)10-20-15-6-5-13(18)8-14(15)19-16(20)9-17/h5-6,8,11-12H,2-4,7,9-10H2,1H3. The third kappa shape index (κ3) is 2.98. The fourth-order valence-corrected chi connectivity index (χ4v) is 4.12. The Morgan fingerprint density at radius 2 is 2.25 bits per heavy atom. The van der Waals surface area contributed by atoms with Crippen LogP contribution >= 0.6 is 34.2 Å². The maximum Gasteiger partial charge on any atom is 0.124 e. The minimum atomic E-state index is 0.494. The van der Waals surface area contributed by atoms with Gasteiger partial charge in [-0.2, -0.15) is 0 Å². The largest absolute Gasteiger partial charge is 0.327 e. The Labute approximate surface area is 139 Å². The van der Waals surface area contributed by atoms with Gasteiger partial charge in [-0.1, -0.05) is 19.8 Å². The number of alkyl halides is 1. The molecule has 4 heteroatoms. The van der Waals surface area contributed by atoms with Gasteiger partial charge in [0.1, 0.15) is 5.82 Å². The zero-order valence-electron chi connectivity index (χ0n) is 11.8. The molecule has 0 N–H and O–H groups in total. The second-order valence-electron chi connectivity index (χ2n) is 6.04. The van der Waals surface area contributed by atoms with Crippen LogP contribution in [-0.4, -0.2) is 9.55 Å². The van der Waals surface area contributed by atoms with Gasteiger partial charge in [0.2, 0.25) is 0 Å². The zero-order chi connectivity index (χ0) is 14.1. The first kappa shape index (κ1) is 14.6. The van der Waals surface area contributed by atoms with Crippen LogP contribution in [0.5, 0.6) is 0 Å². The van der Waals surface area contributed by atoms with Gasteiger partial charge in [0.15, 0.2) is 0 Å². The minimum Gasteiger partial charge on any atom is -0.327 e. The highest BCUT2D eigenvalue weighted by molar-refractivity contribution is 14.1. The van der Waals surface area contributed by atoms with Crippen LogP contribution in [0.15, 0.2) is 18.2 Å². The SMILES string of the molecule is CC1CCCC(Cn2c(CCl)nc3cc(I)ccc32)C1. The van der Waals surface area contributed by atoms with Crippen molar-refractivity contribution in [2.75, 3.05) is 0 Å². The molecule has 1 aromatic carbocycles. The van der Waals surface area contributed by atoms with E-state index in [1.54, 1.807) is 0 Å². The number of rotatable bonds is 3. The van der Waals surface area contributed by atoms with E-state index in [1.807, 2.05) is 0 Å². The number of hydrogen-bond acceptors (Lipinski definition) is 1. The monoisotopic (exact) mass is 402 g/mol. The van der Waals surface area contributed by atoms with Gasteiger partial charge in [0.25, 0.3) is 0 Å². The smallest absolute Gasteiger partial charge is 0.124 e. The molecule has 2 unspecified atom stereocenters. The maximum absolute atomic E-state index is 6.10. The van der Waals surface area contributed by atoms with Gasteiger partial charge in [-0.3, -0.25) is 0 Å². The van der Waals surface area contributed by atoms with E-state index < -0.39 is 0 Å². The van der Waals surface area contributed by atoms with Crippen molar-refractivity contribution in [2.45, 2.75) is 45.0 Å². The summed E-state index contributed by atoms with van der Waals surface area (Å²) in [5.41, 5.74) is 2.32. The molecule has 0 spiro atoms. The fourth-order valence-electron chi connectivity index (χ4n) is 3.44. The Morgan fingerprint density at radius 1 is 1.40 bits per heavy atom. The average Bonchev–Trinajstić information content (AvgIpc) is 2.76. The molecule has 3 rings (SSSR count). The summed E-state index contributed by atoms with van der Waals surface area (Å²) in [4.78, 5) is 4.70. The predicted molar refractivity (Wildman–Crippen MR) is 93.1 cm³/mol. The molecule has 0 aliphatic heterocycles. The molecular formula is C16H20ClIN2. The maximum atomic E-state index is 6.10. The van der Waals surface area contributed by atoms with Crippen LogP contribution in [0.3, 0.4) is 0 Å². The number of imidazole rings is 1. The van der Waals surface area contributed by atoms with Crippen molar-refractivity contribution in [3.05, 3.63) is 27.6 Å². The van der Waals surface area contributed by atoms with E-state index in [-0.39, 0.29) is 0 Å². The van der Waals surface area contributed by atoms with E-state index in [2.05, 4.69) is 52.3 Å². The van der Waals surface area contributed by atoms with Gasteiger partial charge in [-0.05, 0) is 65.5 Å². The first-order valence-corrected chi connectivity index (χ1v) is 8.99. The summed E-state index contributed by atoms with van der Waals surface area (Å²) < 4.78 is 3.58. The van der Waals surface area contributed by atoms with Gasteiger partial charge >= 0.3 is 0 Å². The van der Waals surface area contributed by atoms with Gasteiger partial charge < -0.3 is 4.57 Å². The van der Waals surface area contributed by atoms with Gasteiger partial charge in [-0.25, -0.2) is 4.98 Å². The second-order valence-corrected chi connectivity index (χ2v) is 7.56. The Balaban J connectivity index is 1.93. The molecule has 20 heavy (non-hydrogen) atoms. The summed E-state index contributed by atoms with van der Waals surface area (Å²) in [6, 6.07) is 6.49. The number of halogens is 2. The quantitative estimate of drug-likeness (QED) is 0.509. The zero-order valence-corrected chi connectivity index (χ0v) is 14.7. The van der Waals surface area contributed by atoms with Crippen LogP contribution in [0.4, 0.5) is 0 Å². The van der Waals surface area contributed by atoms with E-state index in [1.165, 1.54) is 34.8 Å². The van der Waals surface area contributed by atoms with Crippen LogP contribution in [0.2, 0.25) is 0 Å². The summed E-state index contributed by atoms with van der Waals surface area (Å²) in [5.74, 6) is 3.15. The van der Waals surface area contributed by atoms with Crippen LogP contribution in [0.25, 0.3) is 11.0 Å². The van der Waals surface area contributed by atoms with Crippen molar-refractivity contribution in [1.29, 1.82) is 0 Å². The molecule has 1 saturated carbocycles. The molecule has 0 radical (unpaired) electrons. The molecule has 0 saturated heterocycles. The van der Waals surface area contributed by atoms with E-state index in [9.17, 15) is 0 Å². The van der Waals surface area contributed by atoms with E-state index in [4.69, 9.17) is 16.6 Å². The summed E-state index contributed by atoms with van der Waals surface area (Å²) in [6.07, 6.45) is 5.44. The Kier molecular flexibility index (Phi) is 4.55. The lowest BCUT2D eigenvalue weighted by Crippen LogP contribution is -2.19. The van der Waals surface area contributed by atoms with Crippen molar-refractivity contribution in [2.24, 2.45) is 11.8 Å². The molecule has 1 aliphatic carbocycles. The molecule has 2 aromatic rings. The average molecular weight is 403 g/mol. The lowest BCUT2D eigenvalue weighted by atomic mass is 9.82. The van der Waals surface area contributed by atoms with E-state index in [0.29, 0.717) is 5.88 Å². The topological polar surface area (TPSA) is 17.8 Å². The first-order chi connectivity index (χ1) is 9.67. The Hall–Kier alpha value is -0.290. The highest BCUT2D eigenvalue weighted by Gasteiger charge is 2.21. The fraction of sp³-hybridized carbons (Fsp3) is 0.562. The normalized spacial score (nSPS) is 23.4. The summed E-state index contributed by atoms with van der Waals surface area (Å²) in [7, 11) is 0. The Bertz CT molecular complexity index is 608. The van der Waals surface area contributed by atoms with Crippen molar-refractivity contribution in [3.63, 3.8) is 0 Å². The lowest BCUT2D eigenvalue weighted by molar-refractivity contribution is 0.257. The van der Waals surface area contributed by atoms with Crippen molar-refractivity contribution in [1.82, 2.24) is 9.55 Å². The minimum absolute atomic E-state index is 0.494. The van der Waals surface area contributed by atoms with Crippen LogP contribution in [0, 0.1) is 15.4 Å². The second kappa shape index (κ2) is 6.22. The number of nitrogens with zero attached hydrogens (tertiary/aromatic N) is 2. The third-order valence-electron chi connectivity index (χ3n) is 4.39. The molecule has 1 fully saturated rings. The summed E-state index contributed by atoms with van der Waals surface area (Å²) in [5, 5.41) is 0. The van der Waals surface area contributed by atoms with Gasteiger partial charge in [0, 0.05) is 10.1 Å². The van der Waals surface area contributed by atoms with Gasteiger partial charge in [-0.15, -0.1) is 11.6 Å². The van der Waals surface area contributed by atoms with E-state index >= 15 is 0 Å². The van der Waals surface area contributed by atoms with E-state index in [0.717, 1.165) is 29.7 Å². The molecule has 1 aliphatic rings. The van der Waals surface area contributed by atoms with Gasteiger partial charge in [0.05, 0.1) is 16.9 Å². The van der Waals surface area contributed by atoms with Crippen LogP contribution in [0.1, 0.15) is 38.4 Å². The highest BCUT2D eigenvalue weighted by atomic mass is 127. The van der Waals surface area contributed by atoms with Crippen LogP contribution < -0.4 is 0 Å². The highest BCUT2D eigenvalue weighted by Crippen LogP contribution is 2.31. The third-order valence-corrected chi connectivity index (χ3v) is 5.30. The summed E-state index contributed by atoms with van der Waals surface area (Å²) in [6.45, 7) is 3.45. The molecule has 2 nitrogen and oxygen atoms in total. The lowest BCUT2D eigenvalue weighted by Gasteiger charge is -2.27. The number of fused-ring (bicyclic) bond motifs is 1. The molecular weight excluding hydrogens is 383 g/mol. The number of hydrogen-bond donors (Lipinski definition) is 0. The molecule has 2 atom stereocenters. The number of aromatic nitrogens is 2. The molecule has 0 bridgehead atoms. The molecule has 1 heterocycles. The molecule has 108 valence electrons. The number of benzene rings is 1. The molecule has 0 amide bonds. The molecule has 1 aromatic heterocycles. The van der Waals surface area contributed by atoms with Crippen molar-refractivity contribution in [3.8, 4) is 0 Å². The first-order valence-electron chi connectivity index (χ1n) is 7.38. The Morgan fingerprint density at radius 3 is 3.00 bits per heavy atom. The summed E-state index contributed by atoms with van der Waals surface area (Å²) >= 11 is 8.44.